The van der Waals surface area contributed by atoms with Gasteiger partial charge in [-0.05, 0) is 31.4 Å². The molecule has 2 rings (SSSR count). The van der Waals surface area contributed by atoms with Crippen molar-refractivity contribution in [2.45, 2.75) is 38.6 Å². The van der Waals surface area contributed by atoms with Gasteiger partial charge in [-0.25, -0.2) is 0 Å². The summed E-state index contributed by atoms with van der Waals surface area (Å²) in [5, 5.41) is 11.1. The van der Waals surface area contributed by atoms with Gasteiger partial charge in [-0.2, -0.15) is 0 Å². The van der Waals surface area contributed by atoms with E-state index in [1.54, 1.807) is 26.1 Å². The van der Waals surface area contributed by atoms with Gasteiger partial charge in [0.1, 0.15) is 11.3 Å². The third-order valence-corrected chi connectivity index (χ3v) is 3.96. The van der Waals surface area contributed by atoms with Crippen LogP contribution in [0.2, 0.25) is 0 Å². The molecule has 0 aliphatic heterocycles. The number of rotatable bonds is 3. The van der Waals surface area contributed by atoms with Crippen molar-refractivity contribution in [3.8, 4) is 0 Å². The van der Waals surface area contributed by atoms with Crippen LogP contribution in [-0.4, -0.2) is 34.6 Å². The molecule has 0 bridgehead atoms. The van der Waals surface area contributed by atoms with E-state index in [0.717, 1.165) is 5.56 Å². The molecule has 1 aromatic rings. The molecule has 1 saturated carbocycles. The summed E-state index contributed by atoms with van der Waals surface area (Å²) in [6.07, 6.45) is 2.19. The molecule has 0 saturated heterocycles. The molecule has 6 nitrogen and oxygen atoms in total. The van der Waals surface area contributed by atoms with Crippen LogP contribution < -0.4 is 0 Å². The van der Waals surface area contributed by atoms with Crippen molar-refractivity contribution in [2.75, 3.05) is 7.05 Å². The molecule has 0 N–H and O–H groups in total. The summed E-state index contributed by atoms with van der Waals surface area (Å²) < 4.78 is 0. The van der Waals surface area contributed by atoms with Gasteiger partial charge in [-0.3, -0.25) is 19.7 Å². The number of carbonyl (C=O) groups excluding carboxylic acids is 2. The molecular formula is C15H18N2O4. The summed E-state index contributed by atoms with van der Waals surface area (Å²) in [5.41, 5.74) is 0.736. The summed E-state index contributed by atoms with van der Waals surface area (Å²) in [4.78, 5) is 35.9. The number of nitrogens with zero attached hydrogens (tertiary/aromatic N) is 2. The first-order valence-corrected chi connectivity index (χ1v) is 6.94. The van der Waals surface area contributed by atoms with Gasteiger partial charge in [0.2, 0.25) is 0 Å². The summed E-state index contributed by atoms with van der Waals surface area (Å²) in [5.74, 6) is -0.140. The van der Waals surface area contributed by atoms with E-state index in [0.29, 0.717) is 25.7 Å². The van der Waals surface area contributed by atoms with Crippen molar-refractivity contribution in [3.05, 3.63) is 39.4 Å². The molecule has 0 aromatic heterocycles. The average Bonchev–Trinajstić information content (AvgIpc) is 2.46. The van der Waals surface area contributed by atoms with Crippen LogP contribution in [0.5, 0.6) is 0 Å². The number of nitro groups is 1. The lowest BCUT2D eigenvalue weighted by atomic mass is 9.93. The topological polar surface area (TPSA) is 80.5 Å². The first kappa shape index (κ1) is 15.2. The van der Waals surface area contributed by atoms with Crippen LogP contribution in [0.4, 0.5) is 5.69 Å². The Morgan fingerprint density at radius 2 is 1.95 bits per heavy atom. The minimum atomic E-state index is -0.537. The molecule has 0 atom stereocenters. The van der Waals surface area contributed by atoms with Gasteiger partial charge >= 0.3 is 0 Å². The van der Waals surface area contributed by atoms with Crippen LogP contribution in [0.25, 0.3) is 0 Å². The maximum atomic E-state index is 12.5. The normalized spacial score (nSPS) is 15.8. The molecule has 0 radical (unpaired) electrons. The van der Waals surface area contributed by atoms with Crippen molar-refractivity contribution >= 4 is 17.4 Å². The van der Waals surface area contributed by atoms with E-state index >= 15 is 0 Å². The molecular weight excluding hydrogens is 272 g/mol. The number of nitro benzene ring substituents is 1. The lowest BCUT2D eigenvalue weighted by Gasteiger charge is -2.30. The fourth-order valence-electron chi connectivity index (χ4n) is 2.65. The molecule has 1 fully saturated rings. The first-order valence-electron chi connectivity index (χ1n) is 6.94. The van der Waals surface area contributed by atoms with Crippen molar-refractivity contribution in [1.82, 2.24) is 4.90 Å². The fraction of sp³-hybridized carbons (Fsp3) is 0.467. The number of hydrogen-bond donors (Lipinski definition) is 0. The first-order chi connectivity index (χ1) is 9.90. The standard InChI is InChI=1S/C15H18N2O4/c1-10-3-8-14(17(20)21)13(9-10)15(19)16(2)11-4-6-12(18)7-5-11/h3,8-9,11H,4-7H2,1-2H3. The monoisotopic (exact) mass is 290 g/mol. The van der Waals surface area contributed by atoms with Crippen molar-refractivity contribution < 1.29 is 14.5 Å². The van der Waals surface area contributed by atoms with Crippen LogP contribution in [0.1, 0.15) is 41.6 Å². The summed E-state index contributed by atoms with van der Waals surface area (Å²) >= 11 is 0. The zero-order chi connectivity index (χ0) is 15.6. The predicted octanol–water partition coefficient (Wildman–Crippen LogP) is 2.49. The predicted molar refractivity (Wildman–Crippen MR) is 77.2 cm³/mol. The number of amides is 1. The quantitative estimate of drug-likeness (QED) is 0.632. The van der Waals surface area contributed by atoms with E-state index in [2.05, 4.69) is 0 Å². The molecule has 6 heteroatoms. The third-order valence-electron chi connectivity index (χ3n) is 3.96. The van der Waals surface area contributed by atoms with Crippen LogP contribution in [-0.2, 0) is 4.79 Å². The number of ketones is 1. The highest BCUT2D eigenvalue weighted by atomic mass is 16.6. The van der Waals surface area contributed by atoms with Crippen LogP contribution in [0, 0.1) is 17.0 Å². The number of benzene rings is 1. The molecule has 1 amide bonds. The Kier molecular flexibility index (Phi) is 4.35. The van der Waals surface area contributed by atoms with Gasteiger partial charge in [-0.15, -0.1) is 0 Å². The number of hydrogen-bond acceptors (Lipinski definition) is 4. The highest BCUT2D eigenvalue weighted by Crippen LogP contribution is 2.25. The molecule has 0 unspecified atom stereocenters. The zero-order valence-electron chi connectivity index (χ0n) is 12.2. The minimum absolute atomic E-state index is 0.0321. The van der Waals surface area contributed by atoms with E-state index in [-0.39, 0.29) is 29.0 Å². The van der Waals surface area contributed by atoms with Gasteiger partial charge < -0.3 is 4.90 Å². The van der Waals surface area contributed by atoms with Gasteiger partial charge in [-0.1, -0.05) is 6.07 Å². The summed E-state index contributed by atoms with van der Waals surface area (Å²) in [7, 11) is 1.65. The van der Waals surface area contributed by atoms with E-state index in [4.69, 9.17) is 0 Å². The largest absolute Gasteiger partial charge is 0.338 e. The third kappa shape index (κ3) is 3.26. The lowest BCUT2D eigenvalue weighted by Crippen LogP contribution is -2.39. The summed E-state index contributed by atoms with van der Waals surface area (Å²) in [6, 6.07) is 4.50. The van der Waals surface area contributed by atoms with Crippen molar-refractivity contribution in [2.24, 2.45) is 0 Å². The van der Waals surface area contributed by atoms with Gasteiger partial charge in [0.15, 0.2) is 0 Å². The fourth-order valence-corrected chi connectivity index (χ4v) is 2.65. The zero-order valence-corrected chi connectivity index (χ0v) is 12.2. The van der Waals surface area contributed by atoms with Crippen molar-refractivity contribution in [1.29, 1.82) is 0 Å². The van der Waals surface area contributed by atoms with E-state index in [9.17, 15) is 19.7 Å². The molecule has 0 spiro atoms. The van der Waals surface area contributed by atoms with Crippen LogP contribution >= 0.6 is 0 Å². The van der Waals surface area contributed by atoms with Crippen molar-refractivity contribution in [3.63, 3.8) is 0 Å². The second-order valence-electron chi connectivity index (χ2n) is 5.46. The molecule has 0 heterocycles. The number of aryl methyl sites for hydroxylation is 1. The Bertz CT molecular complexity index is 587. The smallest absolute Gasteiger partial charge is 0.282 e. The molecule has 112 valence electrons. The van der Waals surface area contributed by atoms with Gasteiger partial charge in [0.05, 0.1) is 4.92 Å². The molecule has 21 heavy (non-hydrogen) atoms. The van der Waals surface area contributed by atoms with Crippen LogP contribution in [0.3, 0.4) is 0 Å². The lowest BCUT2D eigenvalue weighted by molar-refractivity contribution is -0.385. The van der Waals surface area contributed by atoms with E-state index in [1.807, 2.05) is 0 Å². The van der Waals surface area contributed by atoms with Gasteiger partial charge in [0.25, 0.3) is 11.6 Å². The van der Waals surface area contributed by atoms with Crippen LogP contribution in [0.15, 0.2) is 18.2 Å². The highest BCUT2D eigenvalue weighted by Gasteiger charge is 2.29. The Hall–Kier alpha value is -2.24. The maximum absolute atomic E-state index is 12.5. The minimum Gasteiger partial charge on any atom is -0.338 e. The Morgan fingerprint density at radius 3 is 2.52 bits per heavy atom. The molecule has 1 aliphatic carbocycles. The summed E-state index contributed by atoms with van der Waals surface area (Å²) in [6.45, 7) is 1.79. The highest BCUT2D eigenvalue weighted by molar-refractivity contribution is 5.98. The van der Waals surface area contributed by atoms with Gasteiger partial charge in [0, 0.05) is 32.0 Å². The van der Waals surface area contributed by atoms with E-state index in [1.165, 1.54) is 11.0 Å². The SMILES string of the molecule is Cc1ccc([N+](=O)[O-])c(C(=O)N(C)C2CCC(=O)CC2)c1. The molecule has 1 aliphatic rings. The average molecular weight is 290 g/mol. The number of carbonyl (C=O) groups is 2. The maximum Gasteiger partial charge on any atom is 0.282 e. The molecule has 1 aromatic carbocycles. The van der Waals surface area contributed by atoms with E-state index < -0.39 is 4.92 Å². The second kappa shape index (κ2) is 6.03. The Morgan fingerprint density at radius 1 is 1.33 bits per heavy atom. The second-order valence-corrected chi connectivity index (χ2v) is 5.46. The number of Topliss-reactive ketones (excluding diaryl/α,β-unsaturated/α-hetero) is 1. The Labute approximate surface area is 122 Å². The Balaban J connectivity index is 2.25.